The smallest absolute Gasteiger partial charge is 0.254 e. The lowest BCUT2D eigenvalue weighted by Gasteiger charge is -2.07. The summed E-state index contributed by atoms with van der Waals surface area (Å²) in [5.74, 6) is 1.03. The third-order valence-electron chi connectivity index (χ3n) is 2.93. The number of ether oxygens (including phenoxy) is 1. The minimum atomic E-state index is -0.217. The second-order valence-electron chi connectivity index (χ2n) is 4.50. The third kappa shape index (κ3) is 4.31. The molecular formula is C16H18N4O2. The van der Waals surface area contributed by atoms with Crippen molar-refractivity contribution in [3.05, 3.63) is 60.4 Å². The molecule has 0 aliphatic rings. The van der Waals surface area contributed by atoms with Crippen LogP contribution in [0.25, 0.3) is 0 Å². The van der Waals surface area contributed by atoms with Crippen molar-refractivity contribution in [3.8, 4) is 5.75 Å². The molecule has 0 saturated carbocycles. The van der Waals surface area contributed by atoms with Gasteiger partial charge in [0.2, 0.25) is 5.95 Å². The largest absolute Gasteiger partial charge is 0.497 e. The lowest BCUT2D eigenvalue weighted by atomic mass is 10.2. The summed E-state index contributed by atoms with van der Waals surface area (Å²) in [7, 11) is 1.62. The molecule has 0 atom stereocenters. The highest BCUT2D eigenvalue weighted by Crippen LogP contribution is 2.11. The molecule has 2 aromatic rings. The molecule has 0 bridgehead atoms. The van der Waals surface area contributed by atoms with Gasteiger partial charge >= 0.3 is 0 Å². The molecule has 0 radical (unpaired) electrons. The highest BCUT2D eigenvalue weighted by molar-refractivity contribution is 5.93. The van der Waals surface area contributed by atoms with Crippen molar-refractivity contribution in [2.75, 3.05) is 19.0 Å². The fourth-order valence-corrected chi connectivity index (χ4v) is 1.73. The molecule has 0 saturated heterocycles. The number of methoxy groups -OCH3 is 1. The Balaban J connectivity index is 1.89. The second-order valence-corrected chi connectivity index (χ2v) is 4.50. The summed E-state index contributed by atoms with van der Waals surface area (Å²) in [4.78, 5) is 20.1. The van der Waals surface area contributed by atoms with Crippen LogP contribution in [0.2, 0.25) is 0 Å². The molecule has 114 valence electrons. The van der Waals surface area contributed by atoms with Crippen LogP contribution in [0.3, 0.4) is 0 Å². The minimum absolute atomic E-state index is 0.217. The highest BCUT2D eigenvalue weighted by atomic mass is 16.5. The Labute approximate surface area is 129 Å². The van der Waals surface area contributed by atoms with Crippen LogP contribution in [0.15, 0.2) is 49.3 Å². The summed E-state index contributed by atoms with van der Waals surface area (Å²) < 4.78 is 5.09. The maximum atomic E-state index is 12.0. The van der Waals surface area contributed by atoms with E-state index in [2.05, 4.69) is 27.2 Å². The summed E-state index contributed by atoms with van der Waals surface area (Å²) >= 11 is 0. The molecule has 2 N–H and O–H groups in total. The quantitative estimate of drug-likeness (QED) is 0.765. The van der Waals surface area contributed by atoms with Gasteiger partial charge in [0.15, 0.2) is 0 Å². The fourth-order valence-electron chi connectivity index (χ4n) is 1.73. The third-order valence-corrected chi connectivity index (χ3v) is 2.93. The SMILES string of the molecule is C=CCNc1ncc(C(=O)NCc2ccc(OC)cc2)cn1. The zero-order chi connectivity index (χ0) is 15.8. The van der Waals surface area contributed by atoms with Crippen LogP contribution >= 0.6 is 0 Å². The van der Waals surface area contributed by atoms with E-state index in [1.807, 2.05) is 24.3 Å². The van der Waals surface area contributed by atoms with E-state index in [0.717, 1.165) is 11.3 Å². The van der Waals surface area contributed by atoms with E-state index in [9.17, 15) is 4.79 Å². The van der Waals surface area contributed by atoms with Gasteiger partial charge in [-0.3, -0.25) is 4.79 Å². The topological polar surface area (TPSA) is 76.1 Å². The van der Waals surface area contributed by atoms with Crippen molar-refractivity contribution >= 4 is 11.9 Å². The van der Waals surface area contributed by atoms with E-state index in [1.54, 1.807) is 13.2 Å². The van der Waals surface area contributed by atoms with Crippen LogP contribution in [0.4, 0.5) is 5.95 Å². The van der Waals surface area contributed by atoms with E-state index in [-0.39, 0.29) is 5.91 Å². The molecule has 1 aromatic carbocycles. The van der Waals surface area contributed by atoms with Gasteiger partial charge in [-0.15, -0.1) is 6.58 Å². The first kappa shape index (κ1) is 15.5. The van der Waals surface area contributed by atoms with Crippen molar-refractivity contribution in [3.63, 3.8) is 0 Å². The number of nitrogens with one attached hydrogen (secondary N) is 2. The Kier molecular flexibility index (Phi) is 5.48. The summed E-state index contributed by atoms with van der Waals surface area (Å²) in [6.45, 7) is 4.60. The zero-order valence-corrected chi connectivity index (χ0v) is 12.4. The van der Waals surface area contributed by atoms with Gasteiger partial charge in [0.05, 0.1) is 12.7 Å². The number of carbonyl (C=O) groups excluding carboxylic acids is 1. The van der Waals surface area contributed by atoms with Crippen LogP contribution in [-0.4, -0.2) is 29.5 Å². The maximum absolute atomic E-state index is 12.0. The fraction of sp³-hybridized carbons (Fsp3) is 0.188. The molecular weight excluding hydrogens is 280 g/mol. The lowest BCUT2D eigenvalue weighted by molar-refractivity contribution is 0.0950. The molecule has 1 aromatic heterocycles. The molecule has 1 heterocycles. The molecule has 22 heavy (non-hydrogen) atoms. The Hall–Kier alpha value is -2.89. The van der Waals surface area contributed by atoms with Crippen LogP contribution < -0.4 is 15.4 Å². The standard InChI is InChI=1S/C16H18N4O2/c1-3-8-17-16-19-10-13(11-20-16)15(21)18-9-12-4-6-14(22-2)7-5-12/h3-7,10-11H,1,8-9H2,2H3,(H,18,21)(H,17,19,20). The summed E-state index contributed by atoms with van der Waals surface area (Å²) in [5, 5.41) is 5.76. The van der Waals surface area contributed by atoms with Gasteiger partial charge in [-0.25, -0.2) is 9.97 Å². The number of hydrogen-bond donors (Lipinski definition) is 2. The van der Waals surface area contributed by atoms with Crippen LogP contribution in [0.1, 0.15) is 15.9 Å². The first-order valence-corrected chi connectivity index (χ1v) is 6.81. The van der Waals surface area contributed by atoms with Crippen molar-refractivity contribution in [1.29, 1.82) is 0 Å². The normalized spacial score (nSPS) is 9.86. The van der Waals surface area contributed by atoms with Gasteiger partial charge < -0.3 is 15.4 Å². The van der Waals surface area contributed by atoms with Gasteiger partial charge in [0, 0.05) is 25.5 Å². The van der Waals surface area contributed by atoms with E-state index in [0.29, 0.717) is 24.6 Å². The first-order valence-electron chi connectivity index (χ1n) is 6.81. The van der Waals surface area contributed by atoms with Gasteiger partial charge in [-0.05, 0) is 17.7 Å². The van der Waals surface area contributed by atoms with E-state index in [4.69, 9.17) is 4.74 Å². The summed E-state index contributed by atoms with van der Waals surface area (Å²) in [6.07, 6.45) is 4.68. The van der Waals surface area contributed by atoms with Crippen molar-refractivity contribution in [2.45, 2.75) is 6.54 Å². The van der Waals surface area contributed by atoms with Crippen molar-refractivity contribution < 1.29 is 9.53 Å². The number of aromatic nitrogens is 2. The van der Waals surface area contributed by atoms with Crippen LogP contribution in [0.5, 0.6) is 5.75 Å². The Morgan fingerprint density at radius 1 is 1.27 bits per heavy atom. The molecule has 6 heteroatoms. The maximum Gasteiger partial charge on any atom is 0.254 e. The monoisotopic (exact) mass is 298 g/mol. The molecule has 0 fully saturated rings. The highest BCUT2D eigenvalue weighted by Gasteiger charge is 2.06. The van der Waals surface area contributed by atoms with Crippen molar-refractivity contribution in [1.82, 2.24) is 15.3 Å². The predicted octanol–water partition coefficient (Wildman–Crippen LogP) is 2.01. The molecule has 0 unspecified atom stereocenters. The predicted molar refractivity (Wildman–Crippen MR) is 84.9 cm³/mol. The van der Waals surface area contributed by atoms with Gasteiger partial charge in [0.25, 0.3) is 5.91 Å². The minimum Gasteiger partial charge on any atom is -0.497 e. The zero-order valence-electron chi connectivity index (χ0n) is 12.4. The molecule has 0 aliphatic carbocycles. The number of benzene rings is 1. The van der Waals surface area contributed by atoms with Gasteiger partial charge in [-0.2, -0.15) is 0 Å². The lowest BCUT2D eigenvalue weighted by Crippen LogP contribution is -2.23. The number of rotatable bonds is 7. The van der Waals surface area contributed by atoms with E-state index >= 15 is 0 Å². The van der Waals surface area contributed by atoms with E-state index < -0.39 is 0 Å². The molecule has 6 nitrogen and oxygen atoms in total. The van der Waals surface area contributed by atoms with Crippen molar-refractivity contribution in [2.24, 2.45) is 0 Å². The second kappa shape index (κ2) is 7.78. The Morgan fingerprint density at radius 2 is 1.95 bits per heavy atom. The van der Waals surface area contributed by atoms with Crippen LogP contribution in [0, 0.1) is 0 Å². The molecule has 1 amide bonds. The number of anilines is 1. The number of hydrogen-bond acceptors (Lipinski definition) is 5. The van der Waals surface area contributed by atoms with Gasteiger partial charge in [-0.1, -0.05) is 18.2 Å². The molecule has 0 spiro atoms. The summed E-state index contributed by atoms with van der Waals surface area (Å²) in [6, 6.07) is 7.51. The number of amides is 1. The average Bonchev–Trinajstić information content (AvgIpc) is 2.58. The number of nitrogens with zero attached hydrogens (tertiary/aromatic N) is 2. The van der Waals surface area contributed by atoms with Crippen LogP contribution in [-0.2, 0) is 6.54 Å². The Bertz CT molecular complexity index is 624. The van der Waals surface area contributed by atoms with Gasteiger partial charge in [0.1, 0.15) is 5.75 Å². The molecule has 2 rings (SSSR count). The number of carbonyl (C=O) groups is 1. The molecule has 0 aliphatic heterocycles. The first-order chi connectivity index (χ1) is 10.7. The van der Waals surface area contributed by atoms with E-state index in [1.165, 1.54) is 12.4 Å². The Morgan fingerprint density at radius 3 is 2.55 bits per heavy atom. The average molecular weight is 298 g/mol. The summed E-state index contributed by atoms with van der Waals surface area (Å²) in [5.41, 5.74) is 1.40.